The van der Waals surface area contributed by atoms with Gasteiger partial charge in [0.05, 0.1) is 0 Å². The average Bonchev–Trinajstić information content (AvgIpc) is 3.07. The highest BCUT2D eigenvalue weighted by atomic mass is 32.2. The molecule has 130 valence electrons. The van der Waals surface area contributed by atoms with E-state index in [1.165, 1.54) is 11.1 Å². The number of nitrogens with zero attached hydrogens (tertiary/aromatic N) is 3. The summed E-state index contributed by atoms with van der Waals surface area (Å²) < 4.78 is 8.00. The van der Waals surface area contributed by atoms with Gasteiger partial charge in [-0.25, -0.2) is 0 Å². The smallest absolute Gasteiger partial charge is 0.191 e. The number of hydrogen-bond donors (Lipinski definition) is 0. The molecular formula is C20H23N3OS. The molecule has 0 saturated carbocycles. The molecule has 0 amide bonds. The molecular weight excluding hydrogens is 330 g/mol. The predicted octanol–water partition coefficient (Wildman–Crippen LogP) is 4.73. The van der Waals surface area contributed by atoms with Crippen molar-refractivity contribution in [2.24, 2.45) is 0 Å². The number of aromatic nitrogens is 3. The van der Waals surface area contributed by atoms with Gasteiger partial charge < -0.3 is 9.30 Å². The van der Waals surface area contributed by atoms with Crippen LogP contribution >= 0.6 is 11.8 Å². The lowest BCUT2D eigenvalue weighted by molar-refractivity contribution is 0.288. The minimum absolute atomic E-state index is 0.429. The van der Waals surface area contributed by atoms with Gasteiger partial charge in [-0.2, -0.15) is 0 Å². The van der Waals surface area contributed by atoms with Crippen molar-refractivity contribution in [1.29, 1.82) is 0 Å². The molecule has 0 aliphatic heterocycles. The van der Waals surface area contributed by atoms with Gasteiger partial charge in [-0.05, 0) is 36.6 Å². The third-order valence-corrected chi connectivity index (χ3v) is 5.06. The van der Waals surface area contributed by atoms with Crippen LogP contribution < -0.4 is 4.74 Å². The summed E-state index contributed by atoms with van der Waals surface area (Å²) in [5, 5.41) is 9.59. The van der Waals surface area contributed by atoms with E-state index in [-0.39, 0.29) is 0 Å². The van der Waals surface area contributed by atoms with Crippen LogP contribution in [0, 0.1) is 0 Å². The first-order chi connectivity index (χ1) is 12.3. The fraction of sp³-hybridized carbons (Fsp3) is 0.300. The van der Waals surface area contributed by atoms with Crippen LogP contribution in [0.5, 0.6) is 5.75 Å². The van der Waals surface area contributed by atoms with Crippen molar-refractivity contribution in [1.82, 2.24) is 14.8 Å². The maximum absolute atomic E-state index is 5.88. The second-order valence-corrected chi connectivity index (χ2v) is 6.65. The number of hydrogen-bond acceptors (Lipinski definition) is 4. The minimum Gasteiger partial charge on any atom is -0.486 e. The monoisotopic (exact) mass is 353 g/mol. The SMILES string of the molecule is CCc1ccc(OCc2nnc(SCc3ccccc3)n2CC)cc1. The summed E-state index contributed by atoms with van der Waals surface area (Å²) >= 11 is 1.71. The maximum Gasteiger partial charge on any atom is 0.191 e. The molecule has 3 rings (SSSR count). The molecule has 0 bridgehead atoms. The molecule has 0 radical (unpaired) electrons. The van der Waals surface area contributed by atoms with Gasteiger partial charge in [-0.15, -0.1) is 10.2 Å². The Balaban J connectivity index is 1.62. The number of aryl methyl sites for hydroxylation is 1. The van der Waals surface area contributed by atoms with Crippen molar-refractivity contribution in [3.63, 3.8) is 0 Å². The van der Waals surface area contributed by atoms with Gasteiger partial charge >= 0.3 is 0 Å². The molecule has 25 heavy (non-hydrogen) atoms. The van der Waals surface area contributed by atoms with Crippen molar-refractivity contribution in [2.45, 2.75) is 44.3 Å². The van der Waals surface area contributed by atoms with Crippen molar-refractivity contribution in [3.8, 4) is 5.75 Å². The van der Waals surface area contributed by atoms with Gasteiger partial charge in [0.15, 0.2) is 11.0 Å². The second kappa shape index (κ2) is 8.72. The summed E-state index contributed by atoms with van der Waals surface area (Å²) in [4.78, 5) is 0. The summed E-state index contributed by atoms with van der Waals surface area (Å²) in [5.41, 5.74) is 2.59. The van der Waals surface area contributed by atoms with Crippen molar-refractivity contribution in [3.05, 3.63) is 71.5 Å². The third-order valence-electron chi connectivity index (χ3n) is 4.02. The van der Waals surface area contributed by atoms with E-state index in [4.69, 9.17) is 4.74 Å². The van der Waals surface area contributed by atoms with Gasteiger partial charge in [0, 0.05) is 12.3 Å². The molecule has 3 aromatic rings. The van der Waals surface area contributed by atoms with Gasteiger partial charge in [-0.3, -0.25) is 0 Å². The first-order valence-corrected chi connectivity index (χ1v) is 9.59. The summed E-state index contributed by atoms with van der Waals surface area (Å²) in [6, 6.07) is 18.6. The first-order valence-electron chi connectivity index (χ1n) is 8.60. The second-order valence-electron chi connectivity index (χ2n) is 5.70. The van der Waals surface area contributed by atoms with E-state index in [1.807, 2.05) is 18.2 Å². The van der Waals surface area contributed by atoms with E-state index < -0.39 is 0 Å². The molecule has 0 unspecified atom stereocenters. The highest BCUT2D eigenvalue weighted by molar-refractivity contribution is 7.98. The molecule has 0 aliphatic rings. The Morgan fingerprint density at radius 1 is 0.920 bits per heavy atom. The summed E-state index contributed by atoms with van der Waals surface area (Å²) in [7, 11) is 0. The largest absolute Gasteiger partial charge is 0.486 e. The van der Waals surface area contributed by atoms with E-state index in [0.717, 1.165) is 35.4 Å². The highest BCUT2D eigenvalue weighted by Crippen LogP contribution is 2.22. The Bertz CT molecular complexity index is 784. The van der Waals surface area contributed by atoms with Gasteiger partial charge in [0.2, 0.25) is 0 Å². The molecule has 0 saturated heterocycles. The zero-order valence-corrected chi connectivity index (χ0v) is 15.5. The predicted molar refractivity (Wildman–Crippen MR) is 102 cm³/mol. The number of ether oxygens (including phenoxy) is 1. The molecule has 1 aromatic heterocycles. The fourth-order valence-electron chi connectivity index (χ4n) is 2.54. The van der Waals surface area contributed by atoms with Crippen LogP contribution in [0.4, 0.5) is 0 Å². The molecule has 0 spiro atoms. The van der Waals surface area contributed by atoms with Crippen LogP contribution in [-0.2, 0) is 25.3 Å². The van der Waals surface area contributed by atoms with Gasteiger partial charge in [0.25, 0.3) is 0 Å². The van der Waals surface area contributed by atoms with Crippen molar-refractivity contribution >= 4 is 11.8 Å². The molecule has 4 nitrogen and oxygen atoms in total. The molecule has 0 atom stereocenters. The summed E-state index contributed by atoms with van der Waals surface area (Å²) in [6.07, 6.45) is 1.03. The molecule has 0 fully saturated rings. The lowest BCUT2D eigenvalue weighted by Gasteiger charge is -2.09. The molecule has 0 N–H and O–H groups in total. The Kier molecular flexibility index (Phi) is 6.12. The Hall–Kier alpha value is -2.27. The Morgan fingerprint density at radius 2 is 1.68 bits per heavy atom. The van der Waals surface area contributed by atoms with Crippen LogP contribution in [0.3, 0.4) is 0 Å². The van der Waals surface area contributed by atoms with Crippen molar-refractivity contribution in [2.75, 3.05) is 0 Å². The van der Waals surface area contributed by atoms with E-state index in [2.05, 4.69) is 65.0 Å². The zero-order valence-electron chi connectivity index (χ0n) is 14.7. The molecule has 5 heteroatoms. The Labute approximate surface area is 153 Å². The number of benzene rings is 2. The Morgan fingerprint density at radius 3 is 2.36 bits per heavy atom. The van der Waals surface area contributed by atoms with Crippen LogP contribution in [0.1, 0.15) is 30.8 Å². The average molecular weight is 353 g/mol. The quantitative estimate of drug-likeness (QED) is 0.549. The first kappa shape index (κ1) is 17.5. The molecule has 2 aromatic carbocycles. The standard InChI is InChI=1S/C20H23N3OS/c1-3-16-10-12-18(13-11-16)24-14-19-21-22-20(23(19)4-2)25-15-17-8-6-5-7-9-17/h5-13H,3-4,14-15H2,1-2H3. The fourth-order valence-corrected chi connectivity index (χ4v) is 3.52. The van der Waals surface area contributed by atoms with E-state index in [0.29, 0.717) is 6.61 Å². The molecule has 1 heterocycles. The normalized spacial score (nSPS) is 10.8. The summed E-state index contributed by atoms with van der Waals surface area (Å²) in [6.45, 7) is 5.51. The zero-order chi connectivity index (χ0) is 17.5. The maximum atomic E-state index is 5.88. The number of thioether (sulfide) groups is 1. The van der Waals surface area contributed by atoms with Gasteiger partial charge in [-0.1, -0.05) is 61.2 Å². The van der Waals surface area contributed by atoms with E-state index in [1.54, 1.807) is 11.8 Å². The molecule has 0 aliphatic carbocycles. The minimum atomic E-state index is 0.429. The lowest BCUT2D eigenvalue weighted by Crippen LogP contribution is -2.07. The summed E-state index contributed by atoms with van der Waals surface area (Å²) in [5.74, 6) is 2.61. The van der Waals surface area contributed by atoms with Crippen LogP contribution in [0.15, 0.2) is 59.8 Å². The van der Waals surface area contributed by atoms with Crippen LogP contribution in [0.25, 0.3) is 0 Å². The van der Waals surface area contributed by atoms with E-state index >= 15 is 0 Å². The third kappa shape index (κ3) is 4.63. The van der Waals surface area contributed by atoms with Crippen LogP contribution in [-0.4, -0.2) is 14.8 Å². The van der Waals surface area contributed by atoms with Crippen molar-refractivity contribution < 1.29 is 4.74 Å². The highest BCUT2D eigenvalue weighted by Gasteiger charge is 2.12. The lowest BCUT2D eigenvalue weighted by atomic mass is 10.2. The van der Waals surface area contributed by atoms with Gasteiger partial charge in [0.1, 0.15) is 12.4 Å². The topological polar surface area (TPSA) is 39.9 Å². The van der Waals surface area contributed by atoms with Crippen LogP contribution in [0.2, 0.25) is 0 Å². The van der Waals surface area contributed by atoms with E-state index in [9.17, 15) is 0 Å². The number of rotatable bonds is 8.